The molecular formula is C14H15ClO3. The van der Waals surface area contributed by atoms with E-state index in [0.717, 1.165) is 19.3 Å². The van der Waals surface area contributed by atoms with E-state index in [0.29, 0.717) is 10.6 Å². The summed E-state index contributed by atoms with van der Waals surface area (Å²) in [6, 6.07) is 3.14. The molecule has 0 spiro atoms. The number of rotatable bonds is 2. The number of carbonyl (C=O) groups is 1. The average molecular weight is 267 g/mol. The number of hydrogen-bond donors (Lipinski definition) is 1. The SMILES string of the molecule is COC(=O)c1cc(Cl)cc([C@H]2C=CCCC2)c1O. The highest BCUT2D eigenvalue weighted by Gasteiger charge is 2.21. The number of aromatic hydroxyl groups is 1. The number of esters is 1. The normalized spacial score (nSPS) is 18.7. The Balaban J connectivity index is 2.47. The number of allylic oxidation sites excluding steroid dienone is 2. The van der Waals surface area contributed by atoms with E-state index in [1.165, 1.54) is 13.2 Å². The molecule has 0 bridgehead atoms. The lowest BCUT2D eigenvalue weighted by molar-refractivity contribution is 0.0597. The lowest BCUT2D eigenvalue weighted by Crippen LogP contribution is -2.06. The highest BCUT2D eigenvalue weighted by molar-refractivity contribution is 6.31. The van der Waals surface area contributed by atoms with Crippen molar-refractivity contribution in [2.75, 3.05) is 7.11 Å². The third kappa shape index (κ3) is 2.51. The molecule has 0 aromatic heterocycles. The quantitative estimate of drug-likeness (QED) is 0.656. The predicted octanol–water partition coefficient (Wildman–Crippen LogP) is 3.66. The number of phenolic OH excluding ortho intramolecular Hbond substituents is 1. The zero-order valence-electron chi connectivity index (χ0n) is 10.1. The highest BCUT2D eigenvalue weighted by atomic mass is 35.5. The van der Waals surface area contributed by atoms with Crippen molar-refractivity contribution in [3.63, 3.8) is 0 Å². The molecule has 96 valence electrons. The van der Waals surface area contributed by atoms with Crippen LogP contribution in [0.25, 0.3) is 0 Å². The van der Waals surface area contributed by atoms with Gasteiger partial charge in [0, 0.05) is 16.5 Å². The summed E-state index contributed by atoms with van der Waals surface area (Å²) >= 11 is 6.00. The van der Waals surface area contributed by atoms with Gasteiger partial charge in [-0.05, 0) is 31.4 Å². The molecule has 1 aromatic rings. The molecule has 0 fully saturated rings. The minimum absolute atomic E-state index is 0.0252. The summed E-state index contributed by atoms with van der Waals surface area (Å²) in [5, 5.41) is 10.6. The van der Waals surface area contributed by atoms with Crippen LogP contribution in [0.15, 0.2) is 24.3 Å². The maximum atomic E-state index is 11.6. The molecule has 1 aromatic carbocycles. The smallest absolute Gasteiger partial charge is 0.341 e. The van der Waals surface area contributed by atoms with Gasteiger partial charge in [0.2, 0.25) is 0 Å². The Bertz CT molecular complexity index is 494. The van der Waals surface area contributed by atoms with Gasteiger partial charge in [0.15, 0.2) is 0 Å². The van der Waals surface area contributed by atoms with E-state index in [4.69, 9.17) is 11.6 Å². The zero-order valence-corrected chi connectivity index (χ0v) is 10.9. The van der Waals surface area contributed by atoms with Gasteiger partial charge in [-0.3, -0.25) is 0 Å². The van der Waals surface area contributed by atoms with Crippen LogP contribution in [0.1, 0.15) is 41.1 Å². The Morgan fingerprint density at radius 2 is 2.28 bits per heavy atom. The number of hydrogen-bond acceptors (Lipinski definition) is 3. The maximum Gasteiger partial charge on any atom is 0.341 e. The summed E-state index contributed by atoms with van der Waals surface area (Å²) < 4.78 is 4.64. The van der Waals surface area contributed by atoms with Gasteiger partial charge in [0.1, 0.15) is 11.3 Å². The molecule has 4 heteroatoms. The summed E-state index contributed by atoms with van der Waals surface area (Å²) in [4.78, 5) is 11.6. The zero-order chi connectivity index (χ0) is 13.1. The lowest BCUT2D eigenvalue weighted by Gasteiger charge is -2.19. The van der Waals surface area contributed by atoms with Gasteiger partial charge in [0.25, 0.3) is 0 Å². The molecule has 1 aliphatic carbocycles. The van der Waals surface area contributed by atoms with E-state index in [-0.39, 0.29) is 17.2 Å². The second-order valence-corrected chi connectivity index (χ2v) is 4.78. The fourth-order valence-electron chi connectivity index (χ4n) is 2.24. The van der Waals surface area contributed by atoms with Crippen molar-refractivity contribution in [3.05, 3.63) is 40.4 Å². The third-order valence-corrected chi connectivity index (χ3v) is 3.38. The fourth-order valence-corrected chi connectivity index (χ4v) is 2.47. The van der Waals surface area contributed by atoms with Gasteiger partial charge in [-0.25, -0.2) is 4.79 Å². The molecule has 0 saturated carbocycles. The van der Waals surface area contributed by atoms with E-state index in [2.05, 4.69) is 16.9 Å². The fraction of sp³-hybridized carbons (Fsp3) is 0.357. The number of carbonyl (C=O) groups excluding carboxylic acids is 1. The van der Waals surface area contributed by atoms with Gasteiger partial charge >= 0.3 is 5.97 Å². The first-order chi connectivity index (χ1) is 8.63. The molecular weight excluding hydrogens is 252 g/mol. The van der Waals surface area contributed by atoms with Crippen molar-refractivity contribution in [1.29, 1.82) is 0 Å². The minimum Gasteiger partial charge on any atom is -0.507 e. The molecule has 1 aliphatic rings. The number of ether oxygens (including phenoxy) is 1. The highest BCUT2D eigenvalue weighted by Crippen LogP contribution is 2.37. The topological polar surface area (TPSA) is 46.5 Å². The van der Waals surface area contributed by atoms with E-state index in [1.807, 2.05) is 0 Å². The van der Waals surface area contributed by atoms with Gasteiger partial charge in [-0.2, -0.15) is 0 Å². The van der Waals surface area contributed by atoms with Crippen LogP contribution in [0.5, 0.6) is 5.75 Å². The predicted molar refractivity (Wildman–Crippen MR) is 70.2 cm³/mol. The minimum atomic E-state index is -0.573. The average Bonchev–Trinajstić information content (AvgIpc) is 2.41. The van der Waals surface area contributed by atoms with Gasteiger partial charge in [0.05, 0.1) is 7.11 Å². The van der Waals surface area contributed by atoms with E-state index < -0.39 is 5.97 Å². The van der Waals surface area contributed by atoms with Crippen molar-refractivity contribution < 1.29 is 14.6 Å². The number of benzene rings is 1. The van der Waals surface area contributed by atoms with Crippen LogP contribution in [-0.2, 0) is 4.74 Å². The van der Waals surface area contributed by atoms with E-state index in [1.54, 1.807) is 6.07 Å². The van der Waals surface area contributed by atoms with Crippen molar-refractivity contribution in [2.45, 2.75) is 25.2 Å². The van der Waals surface area contributed by atoms with Crippen LogP contribution in [-0.4, -0.2) is 18.2 Å². The summed E-state index contributed by atoms with van der Waals surface area (Å²) in [7, 11) is 1.28. The van der Waals surface area contributed by atoms with Crippen LogP contribution in [0.3, 0.4) is 0 Å². The third-order valence-electron chi connectivity index (χ3n) is 3.16. The Labute approximate surface area is 111 Å². The Hall–Kier alpha value is -1.48. The molecule has 0 unspecified atom stereocenters. The van der Waals surface area contributed by atoms with Crippen molar-refractivity contribution in [3.8, 4) is 5.75 Å². The Kier molecular flexibility index (Phi) is 3.92. The summed E-state index contributed by atoms with van der Waals surface area (Å²) in [5.41, 5.74) is 0.817. The molecule has 0 radical (unpaired) electrons. The molecule has 3 nitrogen and oxygen atoms in total. The first-order valence-corrected chi connectivity index (χ1v) is 6.28. The van der Waals surface area contributed by atoms with Gasteiger partial charge < -0.3 is 9.84 Å². The summed E-state index contributed by atoms with van der Waals surface area (Å²) in [6.07, 6.45) is 7.22. The molecule has 0 saturated heterocycles. The van der Waals surface area contributed by atoms with Crippen LogP contribution in [0.4, 0.5) is 0 Å². The van der Waals surface area contributed by atoms with Gasteiger partial charge in [-0.15, -0.1) is 0 Å². The van der Waals surface area contributed by atoms with E-state index in [9.17, 15) is 9.90 Å². The van der Waals surface area contributed by atoms with Crippen LogP contribution >= 0.6 is 11.6 Å². The Morgan fingerprint density at radius 3 is 2.89 bits per heavy atom. The molecule has 18 heavy (non-hydrogen) atoms. The van der Waals surface area contributed by atoms with Crippen molar-refractivity contribution >= 4 is 17.6 Å². The maximum absolute atomic E-state index is 11.6. The van der Waals surface area contributed by atoms with Crippen molar-refractivity contribution in [2.24, 2.45) is 0 Å². The van der Waals surface area contributed by atoms with Crippen LogP contribution in [0, 0.1) is 0 Å². The number of phenols is 1. The monoisotopic (exact) mass is 266 g/mol. The van der Waals surface area contributed by atoms with Crippen LogP contribution < -0.4 is 0 Å². The number of halogens is 1. The standard InChI is InChI=1S/C14H15ClO3/c1-18-14(17)12-8-10(15)7-11(13(12)16)9-5-3-2-4-6-9/h3,5,7-9,16H,2,4,6H2,1H3/t9-/m0/s1. The summed E-state index contributed by atoms with van der Waals surface area (Å²) in [6.45, 7) is 0. The van der Waals surface area contributed by atoms with Crippen molar-refractivity contribution in [1.82, 2.24) is 0 Å². The molecule has 2 rings (SSSR count). The van der Waals surface area contributed by atoms with E-state index >= 15 is 0 Å². The molecule has 1 atom stereocenters. The second-order valence-electron chi connectivity index (χ2n) is 4.35. The first-order valence-electron chi connectivity index (χ1n) is 5.91. The lowest BCUT2D eigenvalue weighted by atomic mass is 9.88. The molecule has 0 amide bonds. The first kappa shape index (κ1) is 13.0. The summed E-state index contributed by atoms with van der Waals surface area (Å²) in [5.74, 6) is -0.486. The second kappa shape index (κ2) is 5.44. The molecule has 0 heterocycles. The molecule has 0 aliphatic heterocycles. The number of methoxy groups -OCH3 is 1. The Morgan fingerprint density at radius 1 is 1.50 bits per heavy atom. The molecule has 1 N–H and O–H groups in total. The largest absolute Gasteiger partial charge is 0.507 e. The van der Waals surface area contributed by atoms with Gasteiger partial charge in [-0.1, -0.05) is 23.8 Å². The van der Waals surface area contributed by atoms with Crippen LogP contribution in [0.2, 0.25) is 5.02 Å².